The van der Waals surface area contributed by atoms with Gasteiger partial charge in [-0.25, -0.2) is 9.97 Å². The zero-order chi connectivity index (χ0) is 14.2. The summed E-state index contributed by atoms with van der Waals surface area (Å²) in [6.07, 6.45) is 1.10. The predicted octanol–water partition coefficient (Wildman–Crippen LogP) is 3.49. The van der Waals surface area contributed by atoms with E-state index in [1.807, 2.05) is 0 Å². The normalized spacial score (nSPS) is 16.5. The number of nitrogens with zero attached hydrogens (tertiary/aromatic N) is 3. The molecule has 3 heteroatoms. The van der Waals surface area contributed by atoms with E-state index in [9.17, 15) is 0 Å². The lowest BCUT2D eigenvalue weighted by molar-refractivity contribution is 0.198. The van der Waals surface area contributed by atoms with Crippen molar-refractivity contribution in [3.05, 3.63) is 22.8 Å². The highest BCUT2D eigenvalue weighted by atomic mass is 15.2. The van der Waals surface area contributed by atoms with Crippen LogP contribution in [-0.2, 0) is 13.0 Å². The van der Waals surface area contributed by atoms with E-state index in [-0.39, 0.29) is 0 Å². The zero-order valence-electron chi connectivity index (χ0n) is 13.2. The van der Waals surface area contributed by atoms with Gasteiger partial charge in [-0.1, -0.05) is 27.7 Å². The number of rotatable bonds is 3. The molecule has 0 fully saturated rings. The van der Waals surface area contributed by atoms with Crippen LogP contribution in [0.5, 0.6) is 0 Å². The number of aromatic nitrogens is 2. The van der Waals surface area contributed by atoms with Crippen LogP contribution in [0, 0.1) is 0 Å². The van der Waals surface area contributed by atoms with E-state index in [0.717, 1.165) is 25.3 Å². The monoisotopic (exact) mass is 261 g/mol. The van der Waals surface area contributed by atoms with Gasteiger partial charge in [-0.05, 0) is 31.7 Å². The molecule has 1 aliphatic heterocycles. The molecule has 1 aromatic heterocycles. The smallest absolute Gasteiger partial charge is 0.131 e. The minimum atomic E-state index is 0.400. The fourth-order valence-corrected chi connectivity index (χ4v) is 2.68. The van der Waals surface area contributed by atoms with E-state index in [0.29, 0.717) is 17.9 Å². The molecular formula is C16H27N3. The van der Waals surface area contributed by atoms with Gasteiger partial charge in [0, 0.05) is 25.0 Å². The second-order valence-corrected chi connectivity index (χ2v) is 6.52. The average Bonchev–Trinajstić information content (AvgIpc) is 2.36. The molecule has 2 heterocycles. The average molecular weight is 261 g/mol. The van der Waals surface area contributed by atoms with Crippen molar-refractivity contribution < 1.29 is 0 Å². The Bertz CT molecular complexity index is 450. The molecule has 0 atom stereocenters. The third-order valence-corrected chi connectivity index (χ3v) is 3.94. The fourth-order valence-electron chi connectivity index (χ4n) is 2.68. The van der Waals surface area contributed by atoms with Crippen LogP contribution >= 0.6 is 0 Å². The van der Waals surface area contributed by atoms with Gasteiger partial charge in [0.15, 0.2) is 0 Å². The van der Waals surface area contributed by atoms with E-state index in [1.165, 1.54) is 17.0 Å². The van der Waals surface area contributed by atoms with Crippen LogP contribution in [0.1, 0.15) is 76.2 Å². The molecule has 1 aliphatic rings. The molecule has 19 heavy (non-hydrogen) atoms. The minimum absolute atomic E-state index is 0.400. The van der Waals surface area contributed by atoms with Crippen molar-refractivity contribution in [2.75, 3.05) is 6.54 Å². The van der Waals surface area contributed by atoms with Crippen molar-refractivity contribution in [1.29, 1.82) is 0 Å². The third kappa shape index (κ3) is 2.97. The fraction of sp³-hybridized carbons (Fsp3) is 0.750. The molecular weight excluding hydrogens is 234 g/mol. The third-order valence-electron chi connectivity index (χ3n) is 3.94. The Labute approximate surface area is 117 Å². The van der Waals surface area contributed by atoms with Crippen molar-refractivity contribution in [2.45, 2.75) is 72.4 Å². The van der Waals surface area contributed by atoms with E-state index >= 15 is 0 Å². The first kappa shape index (κ1) is 14.4. The van der Waals surface area contributed by atoms with Crippen molar-refractivity contribution >= 4 is 0 Å². The molecule has 2 rings (SSSR count). The van der Waals surface area contributed by atoms with Gasteiger partial charge in [-0.3, -0.25) is 4.90 Å². The molecule has 0 aromatic carbocycles. The van der Waals surface area contributed by atoms with Gasteiger partial charge in [-0.15, -0.1) is 0 Å². The molecule has 3 nitrogen and oxygen atoms in total. The van der Waals surface area contributed by atoms with Gasteiger partial charge in [0.2, 0.25) is 0 Å². The van der Waals surface area contributed by atoms with Crippen LogP contribution in [0.15, 0.2) is 0 Å². The lowest BCUT2D eigenvalue weighted by Crippen LogP contribution is -2.37. The zero-order valence-corrected chi connectivity index (χ0v) is 13.2. The number of hydrogen-bond donors (Lipinski definition) is 0. The largest absolute Gasteiger partial charge is 0.295 e. The highest BCUT2D eigenvalue weighted by Crippen LogP contribution is 2.27. The molecule has 0 radical (unpaired) electrons. The highest BCUT2D eigenvalue weighted by Gasteiger charge is 2.25. The van der Waals surface area contributed by atoms with Crippen LogP contribution in [0.4, 0.5) is 0 Å². The SMILES string of the molecule is CC(C)c1nc2c(c(C(C)C)n1)CCN(C(C)C)C2. The van der Waals surface area contributed by atoms with Gasteiger partial charge in [0.05, 0.1) is 11.4 Å². The van der Waals surface area contributed by atoms with Crippen molar-refractivity contribution in [3.63, 3.8) is 0 Å². The molecule has 1 aromatic rings. The van der Waals surface area contributed by atoms with Crippen molar-refractivity contribution in [2.24, 2.45) is 0 Å². The molecule has 0 bridgehead atoms. The van der Waals surface area contributed by atoms with Crippen LogP contribution in [-0.4, -0.2) is 27.5 Å². The van der Waals surface area contributed by atoms with Crippen LogP contribution in [0.25, 0.3) is 0 Å². The molecule has 0 aliphatic carbocycles. The predicted molar refractivity (Wildman–Crippen MR) is 79.5 cm³/mol. The summed E-state index contributed by atoms with van der Waals surface area (Å²) in [6, 6.07) is 0.591. The van der Waals surface area contributed by atoms with E-state index in [4.69, 9.17) is 9.97 Å². The molecule has 0 spiro atoms. The lowest BCUT2D eigenvalue weighted by atomic mass is 9.95. The summed E-state index contributed by atoms with van der Waals surface area (Å²) >= 11 is 0. The number of hydrogen-bond acceptors (Lipinski definition) is 3. The Morgan fingerprint density at radius 3 is 2.16 bits per heavy atom. The lowest BCUT2D eigenvalue weighted by Gasteiger charge is -2.33. The molecule has 0 amide bonds. The summed E-state index contributed by atoms with van der Waals surface area (Å²) < 4.78 is 0. The number of fused-ring (bicyclic) bond motifs is 1. The van der Waals surface area contributed by atoms with E-state index in [2.05, 4.69) is 46.4 Å². The highest BCUT2D eigenvalue weighted by molar-refractivity contribution is 5.31. The van der Waals surface area contributed by atoms with Crippen LogP contribution in [0.3, 0.4) is 0 Å². The first-order valence-electron chi connectivity index (χ1n) is 7.53. The Hall–Kier alpha value is -0.960. The minimum Gasteiger partial charge on any atom is -0.295 e. The van der Waals surface area contributed by atoms with Crippen molar-refractivity contribution in [1.82, 2.24) is 14.9 Å². The quantitative estimate of drug-likeness (QED) is 0.834. The van der Waals surface area contributed by atoms with Gasteiger partial charge in [0.1, 0.15) is 5.82 Å². The van der Waals surface area contributed by atoms with Gasteiger partial charge in [-0.2, -0.15) is 0 Å². The standard InChI is InChI=1S/C16H27N3/c1-10(2)15-13-7-8-19(12(5)6)9-14(13)17-16(18-15)11(3)4/h10-12H,7-9H2,1-6H3. The van der Waals surface area contributed by atoms with Crippen LogP contribution < -0.4 is 0 Å². The first-order chi connectivity index (χ1) is 8.90. The maximum Gasteiger partial charge on any atom is 0.131 e. The molecule has 0 unspecified atom stereocenters. The molecule has 0 N–H and O–H groups in total. The van der Waals surface area contributed by atoms with Crippen molar-refractivity contribution in [3.8, 4) is 0 Å². The summed E-state index contributed by atoms with van der Waals surface area (Å²) in [5.74, 6) is 1.89. The maximum atomic E-state index is 4.84. The first-order valence-corrected chi connectivity index (χ1v) is 7.53. The van der Waals surface area contributed by atoms with Gasteiger partial charge < -0.3 is 0 Å². The molecule has 0 saturated carbocycles. The summed E-state index contributed by atoms with van der Waals surface area (Å²) in [6.45, 7) is 15.5. The Kier molecular flexibility index (Phi) is 4.24. The Morgan fingerprint density at radius 2 is 1.63 bits per heavy atom. The summed E-state index contributed by atoms with van der Waals surface area (Å²) in [5.41, 5.74) is 3.95. The summed E-state index contributed by atoms with van der Waals surface area (Å²) in [7, 11) is 0. The van der Waals surface area contributed by atoms with Gasteiger partial charge in [0.25, 0.3) is 0 Å². The maximum absolute atomic E-state index is 4.84. The van der Waals surface area contributed by atoms with Gasteiger partial charge >= 0.3 is 0 Å². The summed E-state index contributed by atoms with van der Waals surface area (Å²) in [4.78, 5) is 12.2. The molecule has 0 saturated heterocycles. The van der Waals surface area contributed by atoms with E-state index < -0.39 is 0 Å². The summed E-state index contributed by atoms with van der Waals surface area (Å²) in [5, 5.41) is 0. The van der Waals surface area contributed by atoms with Crippen LogP contribution in [0.2, 0.25) is 0 Å². The molecule has 106 valence electrons. The Morgan fingerprint density at radius 1 is 0.947 bits per heavy atom. The Balaban J connectivity index is 2.44. The second-order valence-electron chi connectivity index (χ2n) is 6.52. The van der Waals surface area contributed by atoms with E-state index in [1.54, 1.807) is 0 Å². The topological polar surface area (TPSA) is 29.0 Å². The second kappa shape index (κ2) is 5.58.